The number of ether oxygens (including phenoxy) is 1. The number of thioether (sulfide) groups is 1. The summed E-state index contributed by atoms with van der Waals surface area (Å²) in [7, 11) is 0. The predicted octanol–water partition coefficient (Wildman–Crippen LogP) is 6.19. The first kappa shape index (κ1) is 28.8. The molecule has 204 valence electrons. The number of nitrogens with zero attached hydrogens (tertiary/aromatic N) is 1. The average molecular weight is 543 g/mol. The molecule has 0 radical (unpaired) electrons. The lowest BCUT2D eigenvalue weighted by molar-refractivity contribution is 0.0182. The number of hydrogen-bond acceptors (Lipinski definition) is 5. The zero-order valence-corrected chi connectivity index (χ0v) is 23.6. The van der Waals surface area contributed by atoms with Crippen molar-refractivity contribution in [2.45, 2.75) is 37.6 Å². The number of carbonyl (C=O) groups excluding carboxylic acids is 2. The van der Waals surface area contributed by atoms with E-state index in [0.717, 1.165) is 25.1 Å². The number of carbonyl (C=O) groups is 2. The van der Waals surface area contributed by atoms with Gasteiger partial charge in [-0.05, 0) is 30.0 Å². The molecule has 0 spiro atoms. The van der Waals surface area contributed by atoms with Gasteiger partial charge in [0.15, 0.2) is 0 Å². The molecule has 0 aliphatic carbocycles. The molecule has 3 aromatic rings. The van der Waals surface area contributed by atoms with Crippen LogP contribution in [0.2, 0.25) is 0 Å². The molecule has 1 saturated heterocycles. The van der Waals surface area contributed by atoms with Gasteiger partial charge < -0.3 is 10.1 Å². The van der Waals surface area contributed by atoms with E-state index in [1.807, 2.05) is 78.9 Å². The van der Waals surface area contributed by atoms with Crippen LogP contribution in [0.4, 0.5) is 0 Å². The van der Waals surface area contributed by atoms with E-state index < -0.39 is 0 Å². The van der Waals surface area contributed by atoms with Crippen molar-refractivity contribution in [1.29, 1.82) is 0 Å². The van der Waals surface area contributed by atoms with E-state index in [4.69, 9.17) is 4.74 Å². The van der Waals surface area contributed by atoms with Crippen molar-refractivity contribution in [3.05, 3.63) is 114 Å². The van der Waals surface area contributed by atoms with Crippen LogP contribution in [-0.2, 0) is 4.74 Å². The summed E-state index contributed by atoms with van der Waals surface area (Å²) in [5, 5.41) is 3.26. The van der Waals surface area contributed by atoms with Gasteiger partial charge in [-0.15, -0.1) is 0 Å². The molecule has 1 N–H and O–H groups in total. The van der Waals surface area contributed by atoms with E-state index in [-0.39, 0.29) is 28.4 Å². The highest BCUT2D eigenvalue weighted by atomic mass is 32.2. The molecule has 5 nitrogen and oxygen atoms in total. The first-order valence-corrected chi connectivity index (χ1v) is 14.6. The molecule has 0 bridgehead atoms. The summed E-state index contributed by atoms with van der Waals surface area (Å²) >= 11 is 1.34. The molecule has 1 amide bonds. The standard InChI is InChI=1S/C33H38N2O3S/c1-25(2)24-30(39-33(37)28-16-10-5-11-17-28)31(34-32(36)27-14-8-4-9-15-27)29(35-20-22-38-23-21-35)19-18-26-12-6-3-7-13-26/h3-19,25,29-31H,20-24H2,1-2H3,(H,34,36)/b19-18+. The number of hydrogen-bond donors (Lipinski definition) is 1. The molecule has 0 aromatic heterocycles. The van der Waals surface area contributed by atoms with Crippen molar-refractivity contribution in [3.8, 4) is 0 Å². The molecular formula is C33H38N2O3S. The Morgan fingerprint density at radius 2 is 1.44 bits per heavy atom. The highest BCUT2D eigenvalue weighted by molar-refractivity contribution is 8.14. The lowest BCUT2D eigenvalue weighted by atomic mass is 9.94. The van der Waals surface area contributed by atoms with Gasteiger partial charge >= 0.3 is 0 Å². The summed E-state index contributed by atoms with van der Waals surface area (Å²) in [6, 6.07) is 28.5. The first-order valence-electron chi connectivity index (χ1n) is 13.7. The number of benzene rings is 3. The SMILES string of the molecule is CC(C)CC(SC(=O)c1ccccc1)C(NC(=O)c1ccccc1)C(/C=C/c1ccccc1)N1CCOCC1. The Balaban J connectivity index is 1.73. The highest BCUT2D eigenvalue weighted by Gasteiger charge is 2.36. The molecule has 1 aliphatic rings. The normalized spacial score (nSPS) is 16.6. The van der Waals surface area contributed by atoms with Crippen LogP contribution in [0.1, 0.15) is 46.5 Å². The van der Waals surface area contributed by atoms with E-state index in [2.05, 4.69) is 48.3 Å². The maximum Gasteiger partial charge on any atom is 0.251 e. The molecule has 39 heavy (non-hydrogen) atoms. The molecule has 1 heterocycles. The van der Waals surface area contributed by atoms with Crippen LogP contribution in [-0.4, -0.2) is 59.6 Å². The highest BCUT2D eigenvalue weighted by Crippen LogP contribution is 2.30. The Bertz CT molecular complexity index is 1200. The van der Waals surface area contributed by atoms with Crippen molar-refractivity contribution < 1.29 is 14.3 Å². The lowest BCUT2D eigenvalue weighted by Crippen LogP contribution is -2.58. The smallest absolute Gasteiger partial charge is 0.251 e. The fourth-order valence-corrected chi connectivity index (χ4v) is 6.26. The minimum Gasteiger partial charge on any atom is -0.379 e. The molecule has 1 fully saturated rings. The lowest BCUT2D eigenvalue weighted by Gasteiger charge is -2.41. The zero-order chi connectivity index (χ0) is 27.5. The van der Waals surface area contributed by atoms with Crippen molar-refractivity contribution in [2.24, 2.45) is 5.92 Å². The third kappa shape index (κ3) is 8.65. The van der Waals surface area contributed by atoms with Crippen molar-refractivity contribution in [2.75, 3.05) is 26.3 Å². The van der Waals surface area contributed by atoms with Gasteiger partial charge in [-0.1, -0.05) is 117 Å². The Kier molecular flexibility index (Phi) is 11.0. The van der Waals surface area contributed by atoms with E-state index in [0.29, 0.717) is 30.3 Å². The summed E-state index contributed by atoms with van der Waals surface area (Å²) in [6.45, 7) is 7.13. The van der Waals surface area contributed by atoms with E-state index in [9.17, 15) is 9.59 Å². The van der Waals surface area contributed by atoms with Crippen LogP contribution >= 0.6 is 11.8 Å². The number of nitrogens with one attached hydrogen (secondary N) is 1. The van der Waals surface area contributed by atoms with Gasteiger partial charge in [0.1, 0.15) is 0 Å². The van der Waals surface area contributed by atoms with Crippen LogP contribution in [0.5, 0.6) is 0 Å². The second-order valence-electron chi connectivity index (χ2n) is 10.2. The molecular weight excluding hydrogens is 504 g/mol. The summed E-state index contributed by atoms with van der Waals surface area (Å²) in [5.41, 5.74) is 2.38. The minimum atomic E-state index is -0.309. The summed E-state index contributed by atoms with van der Waals surface area (Å²) < 4.78 is 5.68. The van der Waals surface area contributed by atoms with Gasteiger partial charge in [-0.3, -0.25) is 14.5 Å². The molecule has 3 unspecified atom stereocenters. The number of rotatable bonds is 11. The Labute approximate surface area is 236 Å². The van der Waals surface area contributed by atoms with Gasteiger partial charge in [0.2, 0.25) is 5.12 Å². The summed E-state index contributed by atoms with van der Waals surface area (Å²) in [4.78, 5) is 29.4. The minimum absolute atomic E-state index is 0.0213. The second kappa shape index (κ2) is 14.8. The maximum atomic E-state index is 13.6. The summed E-state index contributed by atoms with van der Waals surface area (Å²) in [6.07, 6.45) is 5.10. The number of morpholine rings is 1. The van der Waals surface area contributed by atoms with Crippen molar-refractivity contribution in [3.63, 3.8) is 0 Å². The Morgan fingerprint density at radius 3 is 2.03 bits per heavy atom. The van der Waals surface area contributed by atoms with Crippen molar-refractivity contribution >= 4 is 28.9 Å². The van der Waals surface area contributed by atoms with Crippen LogP contribution in [0.15, 0.2) is 97.1 Å². The Hall–Kier alpha value is -3.19. The number of amides is 1. The molecule has 4 rings (SSSR count). The molecule has 3 atom stereocenters. The van der Waals surface area contributed by atoms with Gasteiger partial charge in [-0.25, -0.2) is 0 Å². The average Bonchev–Trinajstić information content (AvgIpc) is 2.98. The van der Waals surface area contributed by atoms with Gasteiger partial charge in [-0.2, -0.15) is 0 Å². The topological polar surface area (TPSA) is 58.6 Å². The second-order valence-corrected chi connectivity index (χ2v) is 11.4. The monoisotopic (exact) mass is 542 g/mol. The van der Waals surface area contributed by atoms with Gasteiger partial charge in [0, 0.05) is 35.5 Å². The third-order valence-electron chi connectivity index (χ3n) is 6.83. The Morgan fingerprint density at radius 1 is 0.872 bits per heavy atom. The van der Waals surface area contributed by atoms with Crippen LogP contribution < -0.4 is 5.32 Å². The van der Waals surface area contributed by atoms with Crippen LogP contribution in [0, 0.1) is 5.92 Å². The van der Waals surface area contributed by atoms with Crippen LogP contribution in [0.25, 0.3) is 6.08 Å². The quantitative estimate of drug-likeness (QED) is 0.313. The van der Waals surface area contributed by atoms with Gasteiger partial charge in [0.25, 0.3) is 5.91 Å². The molecule has 3 aromatic carbocycles. The largest absolute Gasteiger partial charge is 0.379 e. The van der Waals surface area contributed by atoms with E-state index in [1.165, 1.54) is 11.8 Å². The zero-order valence-electron chi connectivity index (χ0n) is 22.7. The summed E-state index contributed by atoms with van der Waals surface area (Å²) in [5.74, 6) is 0.208. The molecule has 1 aliphatic heterocycles. The fraction of sp³-hybridized carbons (Fsp3) is 0.333. The van der Waals surface area contributed by atoms with Crippen molar-refractivity contribution in [1.82, 2.24) is 10.2 Å². The van der Waals surface area contributed by atoms with Gasteiger partial charge in [0.05, 0.1) is 19.3 Å². The van der Waals surface area contributed by atoms with E-state index in [1.54, 1.807) is 0 Å². The maximum absolute atomic E-state index is 13.6. The first-order chi connectivity index (χ1) is 19.0. The molecule has 6 heteroatoms. The predicted molar refractivity (Wildman–Crippen MR) is 161 cm³/mol. The van der Waals surface area contributed by atoms with Crippen LogP contribution in [0.3, 0.4) is 0 Å². The molecule has 0 saturated carbocycles. The fourth-order valence-electron chi connectivity index (χ4n) is 4.85. The third-order valence-corrected chi connectivity index (χ3v) is 8.06. The van der Waals surface area contributed by atoms with E-state index >= 15 is 0 Å².